The highest BCUT2D eigenvalue weighted by Crippen LogP contribution is 2.17. The molecule has 1 aromatic rings. The first-order valence-electron chi connectivity index (χ1n) is 6.48. The average Bonchev–Trinajstić information content (AvgIpc) is 2.25. The maximum atomic E-state index is 10.2. The average molecular weight is 250 g/mol. The Morgan fingerprint density at radius 1 is 1.00 bits per heavy atom. The Morgan fingerprint density at radius 2 is 1.56 bits per heavy atom. The second-order valence-corrected chi connectivity index (χ2v) is 5.50. The van der Waals surface area contributed by atoms with Gasteiger partial charge in [-0.1, -0.05) is 29.3 Å². The smallest absolute Gasteiger partial charge is 0.0916 e. The lowest BCUT2D eigenvalue weighted by molar-refractivity contribution is 0.123. The van der Waals surface area contributed by atoms with E-state index in [1.807, 2.05) is 0 Å². The highest BCUT2D eigenvalue weighted by atomic mass is 16.3. The van der Waals surface area contributed by atoms with Crippen LogP contribution in [-0.2, 0) is 0 Å². The van der Waals surface area contributed by atoms with Crippen LogP contribution >= 0.6 is 0 Å². The van der Waals surface area contributed by atoms with E-state index in [2.05, 4.69) is 63.0 Å². The van der Waals surface area contributed by atoms with E-state index in [1.54, 1.807) is 0 Å². The standard InChI is InChI=1S/C15H26N2O/c1-12-8-13(2)10-14(9-12)15(18)11-17(5)7-6-16(3)4/h8-10,15,18H,6-7,11H2,1-5H3. The first kappa shape index (κ1) is 15.2. The number of aliphatic hydroxyl groups excluding tert-OH is 1. The molecule has 0 aliphatic carbocycles. The molecule has 18 heavy (non-hydrogen) atoms. The summed E-state index contributed by atoms with van der Waals surface area (Å²) in [6.07, 6.45) is -0.407. The third-order valence-electron chi connectivity index (χ3n) is 3.04. The summed E-state index contributed by atoms with van der Waals surface area (Å²) in [5.41, 5.74) is 3.43. The fraction of sp³-hybridized carbons (Fsp3) is 0.600. The fourth-order valence-electron chi connectivity index (χ4n) is 2.06. The van der Waals surface area contributed by atoms with Gasteiger partial charge in [0.05, 0.1) is 6.10 Å². The monoisotopic (exact) mass is 250 g/mol. The minimum absolute atomic E-state index is 0.407. The van der Waals surface area contributed by atoms with Gasteiger partial charge >= 0.3 is 0 Å². The molecular formula is C15H26N2O. The zero-order valence-electron chi connectivity index (χ0n) is 12.3. The lowest BCUT2D eigenvalue weighted by Gasteiger charge is -2.22. The van der Waals surface area contributed by atoms with Crippen molar-refractivity contribution in [1.82, 2.24) is 9.80 Å². The van der Waals surface area contributed by atoms with Crippen molar-refractivity contribution in [2.75, 3.05) is 40.8 Å². The fourth-order valence-corrected chi connectivity index (χ4v) is 2.06. The summed E-state index contributed by atoms with van der Waals surface area (Å²) in [5.74, 6) is 0. The number of likely N-dealkylation sites (N-methyl/N-ethyl adjacent to an activating group) is 2. The first-order valence-corrected chi connectivity index (χ1v) is 6.48. The zero-order chi connectivity index (χ0) is 13.7. The van der Waals surface area contributed by atoms with Crippen molar-refractivity contribution < 1.29 is 5.11 Å². The molecule has 0 aliphatic heterocycles. The molecule has 0 aromatic heterocycles. The van der Waals surface area contributed by atoms with Gasteiger partial charge in [0.25, 0.3) is 0 Å². The summed E-state index contributed by atoms with van der Waals surface area (Å²) in [5, 5.41) is 10.2. The largest absolute Gasteiger partial charge is 0.387 e. The van der Waals surface area contributed by atoms with Crippen LogP contribution in [0.5, 0.6) is 0 Å². The van der Waals surface area contributed by atoms with Gasteiger partial charge < -0.3 is 14.9 Å². The number of hydrogen-bond donors (Lipinski definition) is 1. The van der Waals surface area contributed by atoms with Gasteiger partial charge in [-0.05, 0) is 40.6 Å². The summed E-state index contributed by atoms with van der Waals surface area (Å²) < 4.78 is 0. The van der Waals surface area contributed by atoms with E-state index in [9.17, 15) is 5.11 Å². The van der Waals surface area contributed by atoms with Gasteiger partial charge in [-0.3, -0.25) is 0 Å². The predicted octanol–water partition coefficient (Wildman–Crippen LogP) is 1.83. The van der Waals surface area contributed by atoms with Gasteiger partial charge in [0.15, 0.2) is 0 Å². The third kappa shape index (κ3) is 5.17. The number of hydrogen-bond acceptors (Lipinski definition) is 3. The number of aryl methyl sites for hydroxylation is 2. The Balaban J connectivity index is 2.56. The van der Waals surface area contributed by atoms with E-state index in [0.717, 1.165) is 18.7 Å². The second-order valence-electron chi connectivity index (χ2n) is 5.50. The summed E-state index contributed by atoms with van der Waals surface area (Å²) >= 11 is 0. The SMILES string of the molecule is Cc1cc(C)cc(C(O)CN(C)CCN(C)C)c1. The molecule has 1 unspecified atom stereocenters. The molecule has 1 rings (SSSR count). The minimum Gasteiger partial charge on any atom is -0.387 e. The summed E-state index contributed by atoms with van der Waals surface area (Å²) in [6, 6.07) is 6.26. The van der Waals surface area contributed by atoms with Crippen LogP contribution in [0.4, 0.5) is 0 Å². The minimum atomic E-state index is -0.407. The van der Waals surface area contributed by atoms with Gasteiger partial charge in [0.2, 0.25) is 0 Å². The molecule has 0 bridgehead atoms. The molecule has 1 aromatic carbocycles. The number of rotatable bonds is 6. The summed E-state index contributed by atoms with van der Waals surface area (Å²) in [4.78, 5) is 4.32. The van der Waals surface area contributed by atoms with Crippen molar-refractivity contribution in [2.45, 2.75) is 20.0 Å². The Morgan fingerprint density at radius 3 is 2.06 bits per heavy atom. The molecule has 1 N–H and O–H groups in total. The lowest BCUT2D eigenvalue weighted by Crippen LogP contribution is -2.31. The van der Waals surface area contributed by atoms with Gasteiger partial charge in [0.1, 0.15) is 0 Å². The van der Waals surface area contributed by atoms with Crippen LogP contribution in [0.1, 0.15) is 22.8 Å². The third-order valence-corrected chi connectivity index (χ3v) is 3.04. The zero-order valence-corrected chi connectivity index (χ0v) is 12.3. The van der Waals surface area contributed by atoms with Crippen molar-refractivity contribution in [3.05, 3.63) is 34.9 Å². The van der Waals surface area contributed by atoms with Crippen LogP contribution in [0.3, 0.4) is 0 Å². The van der Waals surface area contributed by atoms with E-state index in [0.29, 0.717) is 6.54 Å². The maximum Gasteiger partial charge on any atom is 0.0916 e. The molecule has 102 valence electrons. The molecule has 0 saturated carbocycles. The molecule has 0 heterocycles. The Bertz CT molecular complexity index is 357. The van der Waals surface area contributed by atoms with E-state index in [-0.39, 0.29) is 0 Å². The highest BCUT2D eigenvalue weighted by Gasteiger charge is 2.11. The molecule has 1 atom stereocenters. The molecule has 3 nitrogen and oxygen atoms in total. The van der Waals surface area contributed by atoms with Crippen molar-refractivity contribution in [3.63, 3.8) is 0 Å². The molecule has 0 amide bonds. The predicted molar refractivity (Wildman–Crippen MR) is 76.9 cm³/mol. The molecule has 0 saturated heterocycles. The summed E-state index contributed by atoms with van der Waals surface area (Å²) in [6.45, 7) is 6.79. The van der Waals surface area contributed by atoms with Crippen LogP contribution in [0.15, 0.2) is 18.2 Å². The molecule has 3 heteroatoms. The van der Waals surface area contributed by atoms with Gasteiger partial charge in [-0.25, -0.2) is 0 Å². The topological polar surface area (TPSA) is 26.7 Å². The first-order chi connectivity index (χ1) is 8.38. The second kappa shape index (κ2) is 6.88. The quantitative estimate of drug-likeness (QED) is 0.834. The number of benzene rings is 1. The highest BCUT2D eigenvalue weighted by molar-refractivity contribution is 5.30. The molecule has 0 fully saturated rings. The number of aliphatic hydroxyl groups is 1. The molecule has 0 aliphatic rings. The van der Waals surface area contributed by atoms with E-state index >= 15 is 0 Å². The van der Waals surface area contributed by atoms with Crippen molar-refractivity contribution >= 4 is 0 Å². The van der Waals surface area contributed by atoms with Crippen molar-refractivity contribution in [3.8, 4) is 0 Å². The number of nitrogens with zero attached hydrogens (tertiary/aromatic N) is 2. The Kier molecular flexibility index (Phi) is 5.79. The lowest BCUT2D eigenvalue weighted by atomic mass is 10.0. The van der Waals surface area contributed by atoms with Crippen molar-refractivity contribution in [2.24, 2.45) is 0 Å². The van der Waals surface area contributed by atoms with Crippen LogP contribution in [0, 0.1) is 13.8 Å². The van der Waals surface area contributed by atoms with Crippen LogP contribution in [0.25, 0.3) is 0 Å². The molecular weight excluding hydrogens is 224 g/mol. The van der Waals surface area contributed by atoms with Crippen LogP contribution in [-0.4, -0.2) is 55.7 Å². The van der Waals surface area contributed by atoms with Gasteiger partial charge in [0, 0.05) is 19.6 Å². The molecule has 0 radical (unpaired) electrons. The summed E-state index contributed by atoms with van der Waals surface area (Å²) in [7, 11) is 6.18. The van der Waals surface area contributed by atoms with Gasteiger partial charge in [-0.15, -0.1) is 0 Å². The molecule has 0 spiro atoms. The maximum absolute atomic E-state index is 10.2. The van der Waals surface area contributed by atoms with E-state index in [4.69, 9.17) is 0 Å². The normalized spacial score (nSPS) is 13.3. The Labute approximate surface area is 111 Å². The van der Waals surface area contributed by atoms with Gasteiger partial charge in [-0.2, -0.15) is 0 Å². The van der Waals surface area contributed by atoms with Crippen molar-refractivity contribution in [1.29, 1.82) is 0 Å². The Hall–Kier alpha value is -0.900. The van der Waals surface area contributed by atoms with Crippen LogP contribution < -0.4 is 0 Å². The van der Waals surface area contributed by atoms with E-state index < -0.39 is 6.10 Å². The van der Waals surface area contributed by atoms with E-state index in [1.165, 1.54) is 11.1 Å². The van der Waals surface area contributed by atoms with Crippen LogP contribution in [0.2, 0.25) is 0 Å².